The first-order valence-corrected chi connectivity index (χ1v) is 9.90. The maximum atomic E-state index is 13.1. The van der Waals surface area contributed by atoms with Crippen LogP contribution >= 0.6 is 0 Å². The lowest BCUT2D eigenvalue weighted by molar-refractivity contribution is 0.0704. The summed E-state index contributed by atoms with van der Waals surface area (Å²) in [5, 5.41) is 3.69. The summed E-state index contributed by atoms with van der Waals surface area (Å²) in [7, 11) is 0. The van der Waals surface area contributed by atoms with Crippen molar-refractivity contribution in [2.24, 2.45) is 5.92 Å². The van der Waals surface area contributed by atoms with Gasteiger partial charge in [0, 0.05) is 36.2 Å². The molecule has 2 heterocycles. The van der Waals surface area contributed by atoms with E-state index in [-0.39, 0.29) is 5.91 Å². The number of para-hydroxylation sites is 1. The van der Waals surface area contributed by atoms with Gasteiger partial charge >= 0.3 is 0 Å². The maximum absolute atomic E-state index is 13.1. The predicted octanol–water partition coefficient (Wildman–Crippen LogP) is 3.70. The summed E-state index contributed by atoms with van der Waals surface area (Å²) in [6.45, 7) is 7.01. The van der Waals surface area contributed by atoms with Crippen LogP contribution in [-0.2, 0) is 0 Å². The molecule has 2 aromatic rings. The van der Waals surface area contributed by atoms with E-state index in [1.165, 1.54) is 12.8 Å². The Kier molecular flexibility index (Phi) is 4.86. The van der Waals surface area contributed by atoms with E-state index in [0.29, 0.717) is 6.04 Å². The highest BCUT2D eigenvalue weighted by molar-refractivity contribution is 5.96. The number of piperidine rings is 1. The molecule has 0 spiro atoms. The molecule has 0 unspecified atom stereocenters. The highest BCUT2D eigenvalue weighted by atomic mass is 16.2. The minimum Gasteiger partial charge on any atom is -0.338 e. The van der Waals surface area contributed by atoms with Crippen molar-refractivity contribution in [1.29, 1.82) is 0 Å². The molecule has 138 valence electrons. The van der Waals surface area contributed by atoms with Gasteiger partial charge in [0.1, 0.15) is 0 Å². The molecule has 4 rings (SSSR count). The zero-order chi connectivity index (χ0) is 18.1. The first kappa shape index (κ1) is 17.3. The molecule has 1 aliphatic heterocycles. The number of amides is 1. The second-order valence-electron chi connectivity index (χ2n) is 7.87. The molecule has 1 saturated carbocycles. The van der Waals surface area contributed by atoms with Crippen LogP contribution in [0.15, 0.2) is 36.4 Å². The molecule has 1 aromatic heterocycles. The Labute approximate surface area is 156 Å². The normalized spacial score (nSPS) is 18.3. The van der Waals surface area contributed by atoms with Gasteiger partial charge in [0.2, 0.25) is 0 Å². The van der Waals surface area contributed by atoms with E-state index in [1.54, 1.807) is 0 Å². The van der Waals surface area contributed by atoms with Crippen molar-refractivity contribution in [3.8, 4) is 5.69 Å². The van der Waals surface area contributed by atoms with E-state index in [1.807, 2.05) is 29.2 Å². The molecule has 2 aliphatic rings. The Hall–Kier alpha value is -2.07. The number of carbonyl (C=O) groups excluding carboxylic acids is 1. The number of carbonyl (C=O) groups is 1. The minimum absolute atomic E-state index is 0.181. The Morgan fingerprint density at radius 2 is 1.77 bits per heavy atom. The maximum Gasteiger partial charge on any atom is 0.255 e. The first-order chi connectivity index (χ1) is 12.6. The monoisotopic (exact) mass is 351 g/mol. The predicted molar refractivity (Wildman–Crippen MR) is 105 cm³/mol. The third-order valence-corrected chi connectivity index (χ3v) is 5.85. The Balaban J connectivity index is 1.44. The van der Waals surface area contributed by atoms with Crippen LogP contribution in [0.5, 0.6) is 0 Å². The van der Waals surface area contributed by atoms with Crippen molar-refractivity contribution < 1.29 is 4.79 Å². The largest absolute Gasteiger partial charge is 0.338 e. The lowest BCUT2D eigenvalue weighted by Crippen LogP contribution is -2.45. The number of rotatable bonds is 5. The smallest absolute Gasteiger partial charge is 0.255 e. The minimum atomic E-state index is 0.181. The molecule has 4 nitrogen and oxygen atoms in total. The van der Waals surface area contributed by atoms with E-state index in [2.05, 4.69) is 35.9 Å². The van der Waals surface area contributed by atoms with Gasteiger partial charge in [-0.05, 0) is 70.2 Å². The number of hydrogen-bond acceptors (Lipinski definition) is 2. The molecule has 1 amide bonds. The van der Waals surface area contributed by atoms with E-state index >= 15 is 0 Å². The Morgan fingerprint density at radius 1 is 1.08 bits per heavy atom. The van der Waals surface area contributed by atoms with Crippen molar-refractivity contribution in [2.75, 3.05) is 19.6 Å². The molecule has 1 aromatic carbocycles. The Morgan fingerprint density at radius 3 is 2.42 bits per heavy atom. The summed E-state index contributed by atoms with van der Waals surface area (Å²) in [6, 6.07) is 12.9. The van der Waals surface area contributed by atoms with Gasteiger partial charge < -0.3 is 14.8 Å². The van der Waals surface area contributed by atoms with Gasteiger partial charge in [-0.15, -0.1) is 0 Å². The number of hydrogen-bond donors (Lipinski definition) is 1. The first-order valence-electron chi connectivity index (χ1n) is 9.90. The molecule has 1 N–H and O–H groups in total. The number of likely N-dealkylation sites (tertiary alicyclic amines) is 1. The van der Waals surface area contributed by atoms with E-state index in [9.17, 15) is 4.79 Å². The summed E-state index contributed by atoms with van der Waals surface area (Å²) in [5.41, 5.74) is 4.10. The van der Waals surface area contributed by atoms with Crippen LogP contribution in [-0.4, -0.2) is 41.1 Å². The fourth-order valence-corrected chi connectivity index (χ4v) is 4.07. The third kappa shape index (κ3) is 3.56. The third-order valence-electron chi connectivity index (χ3n) is 5.85. The van der Waals surface area contributed by atoms with Crippen LogP contribution in [0.2, 0.25) is 0 Å². The van der Waals surface area contributed by atoms with Crippen molar-refractivity contribution in [2.45, 2.75) is 45.6 Å². The van der Waals surface area contributed by atoms with Crippen molar-refractivity contribution in [3.63, 3.8) is 0 Å². The zero-order valence-electron chi connectivity index (χ0n) is 15.9. The molecule has 26 heavy (non-hydrogen) atoms. The molecule has 0 radical (unpaired) electrons. The van der Waals surface area contributed by atoms with Crippen molar-refractivity contribution in [1.82, 2.24) is 14.8 Å². The zero-order valence-corrected chi connectivity index (χ0v) is 15.9. The summed E-state index contributed by atoms with van der Waals surface area (Å²) in [4.78, 5) is 15.1. The van der Waals surface area contributed by atoms with Gasteiger partial charge in [0.15, 0.2) is 0 Å². The highest BCUT2D eigenvalue weighted by Crippen LogP contribution is 2.28. The van der Waals surface area contributed by atoms with Crippen LogP contribution in [0, 0.1) is 19.8 Å². The molecule has 0 atom stereocenters. The summed E-state index contributed by atoms with van der Waals surface area (Å²) >= 11 is 0. The fraction of sp³-hybridized carbons (Fsp3) is 0.500. The van der Waals surface area contributed by atoms with Crippen molar-refractivity contribution >= 4 is 5.91 Å². The van der Waals surface area contributed by atoms with Crippen LogP contribution in [0.1, 0.15) is 47.4 Å². The molecule has 0 bridgehead atoms. The fourth-order valence-electron chi connectivity index (χ4n) is 4.07. The average Bonchev–Trinajstić information content (AvgIpc) is 3.45. The molecular weight excluding hydrogens is 322 g/mol. The number of benzene rings is 1. The second kappa shape index (κ2) is 7.28. The van der Waals surface area contributed by atoms with Gasteiger partial charge in [-0.3, -0.25) is 4.79 Å². The van der Waals surface area contributed by atoms with Gasteiger partial charge in [-0.2, -0.15) is 0 Å². The van der Waals surface area contributed by atoms with E-state index in [0.717, 1.165) is 61.0 Å². The summed E-state index contributed by atoms with van der Waals surface area (Å²) in [5.74, 6) is 1.10. The summed E-state index contributed by atoms with van der Waals surface area (Å²) < 4.78 is 2.18. The van der Waals surface area contributed by atoms with E-state index < -0.39 is 0 Å². The van der Waals surface area contributed by atoms with Gasteiger partial charge in [-0.1, -0.05) is 18.2 Å². The number of nitrogens with one attached hydrogen (secondary N) is 1. The van der Waals surface area contributed by atoms with Gasteiger partial charge in [0.25, 0.3) is 5.91 Å². The molecule has 1 aliphatic carbocycles. The van der Waals surface area contributed by atoms with E-state index in [4.69, 9.17) is 0 Å². The molecule has 2 fully saturated rings. The summed E-state index contributed by atoms with van der Waals surface area (Å²) in [6.07, 6.45) is 4.91. The average molecular weight is 351 g/mol. The van der Waals surface area contributed by atoms with Crippen LogP contribution in [0.3, 0.4) is 0 Å². The van der Waals surface area contributed by atoms with Gasteiger partial charge in [-0.25, -0.2) is 0 Å². The second-order valence-corrected chi connectivity index (χ2v) is 7.87. The van der Waals surface area contributed by atoms with Crippen molar-refractivity contribution in [3.05, 3.63) is 53.3 Å². The van der Waals surface area contributed by atoms with Gasteiger partial charge in [0.05, 0.1) is 5.56 Å². The molecule has 4 heteroatoms. The molecule has 1 saturated heterocycles. The SMILES string of the molecule is Cc1cc(C(=O)N2CCC(NCC3CC3)CC2)c(C)n1-c1ccccc1. The lowest BCUT2D eigenvalue weighted by atomic mass is 10.0. The molecular formula is C22H29N3O. The lowest BCUT2D eigenvalue weighted by Gasteiger charge is -2.32. The quantitative estimate of drug-likeness (QED) is 0.892. The number of nitrogens with zero attached hydrogens (tertiary/aromatic N) is 2. The standard InChI is InChI=1S/C22H29N3O/c1-16-14-21(17(2)25(16)20-6-4-3-5-7-20)22(26)24-12-10-19(11-13-24)23-15-18-8-9-18/h3-7,14,18-19,23H,8-13,15H2,1-2H3. The van der Waals surface area contributed by atoms with Crippen LogP contribution in [0.4, 0.5) is 0 Å². The van der Waals surface area contributed by atoms with Crippen LogP contribution < -0.4 is 5.32 Å². The highest BCUT2D eigenvalue weighted by Gasteiger charge is 2.28. The topological polar surface area (TPSA) is 37.3 Å². The Bertz CT molecular complexity index is 768. The number of aryl methyl sites for hydroxylation is 1. The number of aromatic nitrogens is 1. The van der Waals surface area contributed by atoms with Crippen LogP contribution in [0.25, 0.3) is 5.69 Å².